The summed E-state index contributed by atoms with van der Waals surface area (Å²) in [5.74, 6) is -0.359. The van der Waals surface area contributed by atoms with E-state index < -0.39 is 19.9 Å². The molecule has 0 amide bonds. The van der Waals surface area contributed by atoms with Crippen LogP contribution in [-0.2, 0) is 27.9 Å². The van der Waals surface area contributed by atoms with Gasteiger partial charge in [0.25, 0.3) is 7.82 Å². The second kappa shape index (κ2) is 27.7. The predicted octanol–water partition coefficient (Wildman–Crippen LogP) is 7.75. The maximum absolute atomic E-state index is 12.3. The fourth-order valence-electron chi connectivity index (χ4n) is 4.87. The molecule has 0 aliphatic rings. The number of rotatable bonds is 33. The predicted molar refractivity (Wildman–Crippen MR) is 173 cm³/mol. The molecule has 0 bridgehead atoms. The molecule has 0 heterocycles. The summed E-state index contributed by atoms with van der Waals surface area (Å²) in [7, 11) is 1.40. The quantitative estimate of drug-likeness (QED) is 0.0441. The molecule has 0 aromatic heterocycles. The molecule has 0 saturated carbocycles. The van der Waals surface area contributed by atoms with Crippen molar-refractivity contribution in [3.8, 4) is 0 Å². The standard InChI is InChI=1S/C33H68NO8P/c1-6-8-10-12-14-15-17-19-23-31(22-18-16-13-11-9-7-2)28-39-29-32(40-26-21-20-24-33(35)36)30-42-43(37,38)41-27-25-34(3,4)5/h31-32H,6-30H2,1-5H3,(H-,35,36,37,38). The number of ether oxygens (including phenoxy) is 2. The summed E-state index contributed by atoms with van der Waals surface area (Å²) >= 11 is 0. The van der Waals surface area contributed by atoms with Gasteiger partial charge in [0.2, 0.25) is 0 Å². The number of likely N-dealkylation sites (N-methyl/N-ethyl adjacent to an activating group) is 1. The van der Waals surface area contributed by atoms with Gasteiger partial charge >= 0.3 is 5.97 Å². The van der Waals surface area contributed by atoms with E-state index in [4.69, 9.17) is 23.6 Å². The first-order chi connectivity index (χ1) is 20.5. The SMILES string of the molecule is CCCCCCCCCCC(CCCCCCCC)COCC(COP(=O)([O-])OCC[N+](C)(C)C)OCCCCC(=O)O. The van der Waals surface area contributed by atoms with Gasteiger partial charge in [-0.25, -0.2) is 0 Å². The second-order valence-corrected chi connectivity index (χ2v) is 14.6. The van der Waals surface area contributed by atoms with Gasteiger partial charge in [-0.1, -0.05) is 104 Å². The number of nitrogens with zero attached hydrogens (tertiary/aromatic N) is 1. The Kier molecular flexibility index (Phi) is 27.4. The average molecular weight is 638 g/mol. The lowest BCUT2D eigenvalue weighted by Crippen LogP contribution is -2.37. The van der Waals surface area contributed by atoms with Crippen molar-refractivity contribution in [2.24, 2.45) is 5.92 Å². The van der Waals surface area contributed by atoms with Crippen LogP contribution in [-0.4, -0.2) is 82.4 Å². The average Bonchev–Trinajstić information content (AvgIpc) is 2.93. The van der Waals surface area contributed by atoms with Crippen LogP contribution in [0.4, 0.5) is 0 Å². The smallest absolute Gasteiger partial charge is 0.303 e. The van der Waals surface area contributed by atoms with E-state index in [0.717, 1.165) is 12.8 Å². The minimum absolute atomic E-state index is 0.0420. The van der Waals surface area contributed by atoms with Crippen molar-refractivity contribution in [2.75, 3.05) is 60.7 Å². The highest BCUT2D eigenvalue weighted by Crippen LogP contribution is 2.38. The highest BCUT2D eigenvalue weighted by Gasteiger charge is 2.19. The Morgan fingerprint density at radius 3 is 1.77 bits per heavy atom. The molecule has 9 nitrogen and oxygen atoms in total. The van der Waals surface area contributed by atoms with E-state index in [1.165, 1.54) is 89.9 Å². The van der Waals surface area contributed by atoms with E-state index in [1.54, 1.807) is 0 Å². The zero-order chi connectivity index (χ0) is 32.2. The third-order valence-electron chi connectivity index (χ3n) is 7.66. The summed E-state index contributed by atoms with van der Waals surface area (Å²) in [6.07, 6.45) is 20.9. The largest absolute Gasteiger partial charge is 0.756 e. The highest BCUT2D eigenvalue weighted by atomic mass is 31.2. The molecule has 0 aliphatic heterocycles. The fraction of sp³-hybridized carbons (Fsp3) is 0.970. The Morgan fingerprint density at radius 1 is 0.721 bits per heavy atom. The van der Waals surface area contributed by atoms with Gasteiger partial charge in [-0.3, -0.25) is 9.36 Å². The zero-order valence-corrected chi connectivity index (χ0v) is 29.4. The van der Waals surface area contributed by atoms with E-state index in [1.807, 2.05) is 21.1 Å². The number of hydrogen-bond acceptors (Lipinski definition) is 7. The summed E-state index contributed by atoms with van der Waals surface area (Å²) in [5, 5.41) is 8.87. The second-order valence-electron chi connectivity index (χ2n) is 13.2. The van der Waals surface area contributed by atoms with Crippen LogP contribution in [0.3, 0.4) is 0 Å². The third kappa shape index (κ3) is 31.2. The van der Waals surface area contributed by atoms with Gasteiger partial charge in [-0.05, 0) is 31.6 Å². The summed E-state index contributed by atoms with van der Waals surface area (Å²) < 4.78 is 35.1. The molecule has 1 N–H and O–H groups in total. The van der Waals surface area contributed by atoms with E-state index in [-0.39, 0.29) is 26.2 Å². The van der Waals surface area contributed by atoms with E-state index in [9.17, 15) is 14.3 Å². The van der Waals surface area contributed by atoms with Crippen molar-refractivity contribution in [3.63, 3.8) is 0 Å². The summed E-state index contributed by atoms with van der Waals surface area (Å²) in [6, 6.07) is 0. The lowest BCUT2D eigenvalue weighted by atomic mass is 9.94. The number of carboxylic acids is 1. The van der Waals surface area contributed by atoms with Crippen molar-refractivity contribution in [3.05, 3.63) is 0 Å². The zero-order valence-electron chi connectivity index (χ0n) is 28.5. The van der Waals surface area contributed by atoms with Gasteiger partial charge in [-0.2, -0.15) is 0 Å². The van der Waals surface area contributed by atoms with Crippen LogP contribution in [0.1, 0.15) is 136 Å². The van der Waals surface area contributed by atoms with Gasteiger partial charge in [0.15, 0.2) is 0 Å². The Labute approximate surface area is 264 Å². The number of phosphoric acid groups is 1. The molecule has 3 atom stereocenters. The van der Waals surface area contributed by atoms with Crippen LogP contribution in [0.5, 0.6) is 0 Å². The minimum atomic E-state index is -4.47. The van der Waals surface area contributed by atoms with Crippen molar-refractivity contribution in [1.29, 1.82) is 0 Å². The van der Waals surface area contributed by atoms with Crippen LogP contribution >= 0.6 is 7.82 Å². The number of carboxylic acid groups (broad SMARTS) is 1. The molecule has 43 heavy (non-hydrogen) atoms. The van der Waals surface area contributed by atoms with Crippen LogP contribution in [0, 0.1) is 5.92 Å². The number of hydrogen-bond donors (Lipinski definition) is 1. The lowest BCUT2D eigenvalue weighted by Gasteiger charge is -2.28. The molecule has 0 rings (SSSR count). The van der Waals surface area contributed by atoms with Crippen LogP contribution in [0.25, 0.3) is 0 Å². The van der Waals surface area contributed by atoms with Crippen molar-refractivity contribution >= 4 is 13.8 Å². The summed E-state index contributed by atoms with van der Waals surface area (Å²) in [5.41, 5.74) is 0. The topological polar surface area (TPSA) is 114 Å². The first kappa shape index (κ1) is 42.5. The first-order valence-electron chi connectivity index (χ1n) is 17.3. The number of aliphatic carboxylic acids is 1. The van der Waals surface area contributed by atoms with Gasteiger partial charge in [-0.15, -0.1) is 0 Å². The van der Waals surface area contributed by atoms with Gasteiger partial charge < -0.3 is 33.0 Å². The van der Waals surface area contributed by atoms with Crippen LogP contribution in [0.15, 0.2) is 0 Å². The lowest BCUT2D eigenvalue weighted by molar-refractivity contribution is -0.870. The molecule has 10 heteroatoms. The summed E-state index contributed by atoms with van der Waals surface area (Å²) in [4.78, 5) is 23.1. The van der Waals surface area contributed by atoms with Gasteiger partial charge in [0.1, 0.15) is 19.3 Å². The van der Waals surface area contributed by atoms with E-state index in [0.29, 0.717) is 43.0 Å². The van der Waals surface area contributed by atoms with E-state index >= 15 is 0 Å². The minimum Gasteiger partial charge on any atom is -0.756 e. The van der Waals surface area contributed by atoms with Crippen molar-refractivity contribution in [1.82, 2.24) is 0 Å². The normalized spacial score (nSPS) is 14.9. The Morgan fingerprint density at radius 2 is 1.26 bits per heavy atom. The van der Waals surface area contributed by atoms with E-state index in [2.05, 4.69) is 13.8 Å². The number of phosphoric ester groups is 1. The molecular formula is C33H68NO8P. The Hall–Kier alpha value is -0.540. The van der Waals surface area contributed by atoms with Gasteiger partial charge in [0.05, 0.1) is 34.4 Å². The number of unbranched alkanes of at least 4 members (excludes halogenated alkanes) is 13. The first-order valence-corrected chi connectivity index (χ1v) is 18.8. The molecular weight excluding hydrogens is 569 g/mol. The molecule has 0 aliphatic carbocycles. The molecule has 0 aromatic rings. The van der Waals surface area contributed by atoms with Crippen LogP contribution < -0.4 is 4.89 Å². The molecule has 3 unspecified atom stereocenters. The van der Waals surface area contributed by atoms with Crippen LogP contribution in [0.2, 0.25) is 0 Å². The van der Waals surface area contributed by atoms with Crippen molar-refractivity contribution < 1.29 is 42.4 Å². The van der Waals surface area contributed by atoms with Gasteiger partial charge in [0, 0.05) is 19.6 Å². The molecule has 258 valence electrons. The third-order valence-corrected chi connectivity index (χ3v) is 8.62. The summed E-state index contributed by atoms with van der Waals surface area (Å²) in [6.45, 7) is 6.04. The maximum atomic E-state index is 12.3. The molecule has 0 saturated heterocycles. The highest BCUT2D eigenvalue weighted by molar-refractivity contribution is 7.45. The molecule has 0 spiro atoms. The van der Waals surface area contributed by atoms with Crippen molar-refractivity contribution in [2.45, 2.75) is 142 Å². The molecule has 0 fully saturated rings. The fourth-order valence-corrected chi connectivity index (χ4v) is 5.60. The molecule has 0 radical (unpaired) electrons. The number of quaternary nitrogens is 1. The number of carbonyl (C=O) groups is 1. The Balaban J connectivity index is 4.82. The molecule has 0 aromatic carbocycles. The Bertz CT molecular complexity index is 688. The monoisotopic (exact) mass is 637 g/mol. The maximum Gasteiger partial charge on any atom is 0.303 e.